The summed E-state index contributed by atoms with van der Waals surface area (Å²) in [5.41, 5.74) is 14.2. The number of hydrogen-bond donors (Lipinski definition) is 2. The third-order valence-electron chi connectivity index (χ3n) is 4.88. The third kappa shape index (κ3) is 7.99. The van der Waals surface area contributed by atoms with Gasteiger partial charge in [0.2, 0.25) is 0 Å². The van der Waals surface area contributed by atoms with E-state index in [9.17, 15) is 27.2 Å². The number of nitrogen functional groups attached to an aromatic ring is 2. The SMILES string of the molecule is Nc1ccc(N)c(CCOC(=O)C=Cc2ccc(C(=O)Oc3ccc(OC(F)(F)C(F)F)cc3)cc2)c1. The fourth-order valence-corrected chi connectivity index (χ4v) is 2.99. The molecule has 0 atom stereocenters. The maximum absolute atomic E-state index is 12.9. The van der Waals surface area contributed by atoms with Crippen LogP contribution in [0.1, 0.15) is 21.5 Å². The Balaban J connectivity index is 1.48. The molecular formula is C26H22F4N2O5. The second-order valence-corrected chi connectivity index (χ2v) is 7.66. The van der Waals surface area contributed by atoms with Crippen LogP contribution in [0.4, 0.5) is 28.9 Å². The van der Waals surface area contributed by atoms with Crippen molar-refractivity contribution in [3.8, 4) is 11.5 Å². The molecule has 0 saturated carbocycles. The van der Waals surface area contributed by atoms with Gasteiger partial charge in [-0.15, -0.1) is 0 Å². The molecule has 0 spiro atoms. The minimum Gasteiger partial charge on any atom is -0.462 e. The Morgan fingerprint density at radius 1 is 0.919 bits per heavy atom. The number of esters is 2. The van der Waals surface area contributed by atoms with Crippen molar-refractivity contribution < 1.29 is 41.4 Å². The quantitative estimate of drug-likeness (QED) is 0.126. The van der Waals surface area contributed by atoms with Crippen LogP contribution in [0.2, 0.25) is 0 Å². The van der Waals surface area contributed by atoms with Crippen LogP contribution < -0.4 is 20.9 Å². The Morgan fingerprint density at radius 2 is 1.57 bits per heavy atom. The van der Waals surface area contributed by atoms with Crippen LogP contribution in [0, 0.1) is 0 Å². The molecule has 0 bridgehead atoms. The van der Waals surface area contributed by atoms with Crippen LogP contribution >= 0.6 is 0 Å². The summed E-state index contributed by atoms with van der Waals surface area (Å²) in [7, 11) is 0. The van der Waals surface area contributed by atoms with E-state index in [1.165, 1.54) is 24.3 Å². The molecule has 3 aromatic carbocycles. The van der Waals surface area contributed by atoms with Crippen molar-refractivity contribution in [2.24, 2.45) is 0 Å². The zero-order chi connectivity index (χ0) is 27.0. The van der Waals surface area contributed by atoms with Gasteiger partial charge in [-0.05, 0) is 71.8 Å². The number of halogens is 4. The first kappa shape index (κ1) is 27.1. The van der Waals surface area contributed by atoms with Gasteiger partial charge in [-0.2, -0.15) is 17.6 Å². The Labute approximate surface area is 209 Å². The van der Waals surface area contributed by atoms with Crippen molar-refractivity contribution in [3.63, 3.8) is 0 Å². The van der Waals surface area contributed by atoms with Crippen molar-refractivity contribution in [3.05, 3.63) is 89.5 Å². The molecule has 0 aromatic heterocycles. The first-order chi connectivity index (χ1) is 17.5. The first-order valence-corrected chi connectivity index (χ1v) is 10.8. The summed E-state index contributed by atoms with van der Waals surface area (Å²) in [5.74, 6) is -1.84. The van der Waals surface area contributed by atoms with Gasteiger partial charge in [0, 0.05) is 23.9 Å². The molecule has 0 aliphatic carbocycles. The van der Waals surface area contributed by atoms with Crippen molar-refractivity contribution >= 4 is 29.4 Å². The molecule has 37 heavy (non-hydrogen) atoms. The van der Waals surface area contributed by atoms with Gasteiger partial charge in [-0.3, -0.25) is 0 Å². The van der Waals surface area contributed by atoms with E-state index >= 15 is 0 Å². The van der Waals surface area contributed by atoms with Gasteiger partial charge in [0.15, 0.2) is 0 Å². The van der Waals surface area contributed by atoms with Crippen molar-refractivity contribution in [1.29, 1.82) is 0 Å². The average molecular weight is 518 g/mol. The number of ether oxygens (including phenoxy) is 3. The van der Waals surface area contributed by atoms with Crippen LogP contribution in [0.15, 0.2) is 72.8 Å². The molecule has 3 aromatic rings. The largest absolute Gasteiger partial charge is 0.462 e. The number of anilines is 2. The highest BCUT2D eigenvalue weighted by atomic mass is 19.3. The molecule has 194 valence electrons. The van der Waals surface area contributed by atoms with Gasteiger partial charge >= 0.3 is 24.5 Å². The van der Waals surface area contributed by atoms with Crippen LogP contribution in [0.25, 0.3) is 6.08 Å². The summed E-state index contributed by atoms with van der Waals surface area (Å²) in [6.07, 6.45) is -5.49. The minimum absolute atomic E-state index is 0.00984. The second kappa shape index (κ2) is 11.9. The molecule has 4 N–H and O–H groups in total. The van der Waals surface area contributed by atoms with E-state index in [-0.39, 0.29) is 17.9 Å². The predicted molar refractivity (Wildman–Crippen MR) is 128 cm³/mol. The molecule has 0 amide bonds. The van der Waals surface area contributed by atoms with Gasteiger partial charge in [-0.1, -0.05) is 12.1 Å². The fourth-order valence-electron chi connectivity index (χ4n) is 2.99. The van der Waals surface area contributed by atoms with Gasteiger partial charge in [0.25, 0.3) is 0 Å². The van der Waals surface area contributed by atoms with Crippen LogP contribution in [-0.4, -0.2) is 31.1 Å². The Morgan fingerprint density at radius 3 is 2.22 bits per heavy atom. The lowest BCUT2D eigenvalue weighted by Crippen LogP contribution is -2.33. The maximum atomic E-state index is 12.9. The number of carbonyl (C=O) groups is 2. The number of hydrogen-bond acceptors (Lipinski definition) is 7. The van der Waals surface area contributed by atoms with Crippen LogP contribution in [-0.2, 0) is 16.0 Å². The summed E-state index contributed by atoms with van der Waals surface area (Å²) in [5, 5.41) is 0. The van der Waals surface area contributed by atoms with Gasteiger partial charge in [0.05, 0.1) is 12.2 Å². The van der Waals surface area contributed by atoms with E-state index in [0.29, 0.717) is 23.4 Å². The molecule has 0 aliphatic rings. The molecule has 3 rings (SSSR count). The highest BCUT2D eigenvalue weighted by Gasteiger charge is 2.43. The molecule has 11 heteroatoms. The number of nitrogens with two attached hydrogens (primary N) is 2. The molecule has 7 nitrogen and oxygen atoms in total. The smallest absolute Gasteiger partial charge is 0.461 e. The van der Waals surface area contributed by atoms with Crippen LogP contribution in [0.5, 0.6) is 11.5 Å². The van der Waals surface area contributed by atoms with Crippen LogP contribution in [0.3, 0.4) is 0 Å². The lowest BCUT2D eigenvalue weighted by Gasteiger charge is -2.16. The van der Waals surface area contributed by atoms with E-state index in [0.717, 1.165) is 29.8 Å². The summed E-state index contributed by atoms with van der Waals surface area (Å²) < 4.78 is 64.5. The van der Waals surface area contributed by atoms with E-state index < -0.39 is 30.2 Å². The Kier molecular flexibility index (Phi) is 8.72. The standard InChI is InChI=1S/C26H22F4N2O5/c27-25(28)26(29,30)37-21-9-7-20(8-10-21)36-24(34)17-4-1-16(2-5-17)3-12-23(33)35-14-13-18-15-19(31)6-11-22(18)32/h1-12,15,25H,13-14,31-32H2. The molecular weight excluding hydrogens is 496 g/mol. The van der Waals surface area contributed by atoms with Crippen molar-refractivity contribution in [1.82, 2.24) is 0 Å². The Hall–Kier alpha value is -4.54. The van der Waals surface area contributed by atoms with Crippen molar-refractivity contribution in [2.45, 2.75) is 19.0 Å². The molecule has 0 aliphatic heterocycles. The zero-order valence-corrected chi connectivity index (χ0v) is 19.2. The van der Waals surface area contributed by atoms with Gasteiger partial charge in [0.1, 0.15) is 11.5 Å². The number of benzene rings is 3. The molecule has 0 saturated heterocycles. The van der Waals surface area contributed by atoms with Gasteiger partial charge < -0.3 is 25.7 Å². The first-order valence-electron chi connectivity index (χ1n) is 10.8. The number of alkyl halides is 4. The van der Waals surface area contributed by atoms with Gasteiger partial charge in [-0.25, -0.2) is 9.59 Å². The van der Waals surface area contributed by atoms with E-state index in [1.807, 2.05) is 0 Å². The summed E-state index contributed by atoms with van der Waals surface area (Å²) >= 11 is 0. The molecule has 0 unspecified atom stereocenters. The minimum atomic E-state index is -4.64. The Bertz CT molecular complexity index is 1260. The summed E-state index contributed by atoms with van der Waals surface area (Å²) in [6.45, 7) is 0.114. The normalized spacial score (nSPS) is 11.5. The highest BCUT2D eigenvalue weighted by molar-refractivity contribution is 5.91. The maximum Gasteiger partial charge on any atom is 0.461 e. The van der Waals surface area contributed by atoms with E-state index in [2.05, 4.69) is 4.74 Å². The lowest BCUT2D eigenvalue weighted by molar-refractivity contribution is -0.253. The summed E-state index contributed by atoms with van der Waals surface area (Å²) in [4.78, 5) is 24.2. The zero-order valence-electron chi connectivity index (χ0n) is 19.2. The monoisotopic (exact) mass is 518 g/mol. The third-order valence-corrected chi connectivity index (χ3v) is 4.88. The molecule has 0 radical (unpaired) electrons. The topological polar surface area (TPSA) is 114 Å². The fraction of sp³-hybridized carbons (Fsp3) is 0.154. The molecule has 0 fully saturated rings. The summed E-state index contributed by atoms with van der Waals surface area (Å²) in [6, 6.07) is 15.3. The number of carbonyl (C=O) groups excluding carboxylic acids is 2. The van der Waals surface area contributed by atoms with Crippen molar-refractivity contribution in [2.75, 3.05) is 18.1 Å². The molecule has 0 heterocycles. The predicted octanol–water partition coefficient (Wildman–Crippen LogP) is 5.11. The highest BCUT2D eigenvalue weighted by Crippen LogP contribution is 2.28. The lowest BCUT2D eigenvalue weighted by atomic mass is 10.1. The second-order valence-electron chi connectivity index (χ2n) is 7.66. The van der Waals surface area contributed by atoms with E-state index in [1.54, 1.807) is 30.3 Å². The number of rotatable bonds is 10. The average Bonchev–Trinajstić information content (AvgIpc) is 2.86. The van der Waals surface area contributed by atoms with E-state index in [4.69, 9.17) is 20.9 Å².